The van der Waals surface area contributed by atoms with Crippen LogP contribution in [0.1, 0.15) is 36.5 Å². The van der Waals surface area contributed by atoms with E-state index in [2.05, 4.69) is 20.6 Å². The number of pyridine rings is 1. The number of H-pyrrole nitrogens is 1. The molecule has 0 saturated heterocycles. The van der Waals surface area contributed by atoms with Gasteiger partial charge in [-0.05, 0) is 42.3 Å². The number of amides is 3. The first-order chi connectivity index (χ1) is 16.8. The molecule has 1 unspecified atom stereocenters. The van der Waals surface area contributed by atoms with Gasteiger partial charge < -0.3 is 21.4 Å². The number of nitrogens with two attached hydrogens (primary N) is 1. The zero-order chi connectivity index (χ0) is 24.9. The lowest BCUT2D eigenvalue weighted by atomic mass is 9.99. The van der Waals surface area contributed by atoms with E-state index in [9.17, 15) is 14.4 Å². The number of anilines is 2. The molecule has 8 nitrogen and oxygen atoms in total. The SMILES string of the molecule is CC(=O)Nc1ccc(C(C)C(=O)Nc2ccnc3[nH]cc(/C=C(/C(N)=O)c4ccccc4)c23)cc1. The molecular formula is C27H25N5O3. The minimum Gasteiger partial charge on any atom is -0.366 e. The van der Waals surface area contributed by atoms with Crippen LogP contribution >= 0.6 is 0 Å². The zero-order valence-electron chi connectivity index (χ0n) is 19.3. The van der Waals surface area contributed by atoms with Crippen molar-refractivity contribution in [1.82, 2.24) is 9.97 Å². The van der Waals surface area contributed by atoms with E-state index in [1.54, 1.807) is 55.7 Å². The van der Waals surface area contributed by atoms with E-state index < -0.39 is 11.8 Å². The highest BCUT2D eigenvalue weighted by molar-refractivity contribution is 6.24. The summed E-state index contributed by atoms with van der Waals surface area (Å²) in [6.07, 6.45) is 5.02. The van der Waals surface area contributed by atoms with Gasteiger partial charge in [-0.2, -0.15) is 0 Å². The third kappa shape index (κ3) is 5.27. The molecule has 0 saturated carbocycles. The average Bonchev–Trinajstić information content (AvgIpc) is 3.26. The van der Waals surface area contributed by atoms with E-state index in [0.29, 0.717) is 39.1 Å². The minimum absolute atomic E-state index is 0.159. The number of aromatic amines is 1. The smallest absolute Gasteiger partial charge is 0.249 e. The van der Waals surface area contributed by atoms with Crippen LogP contribution in [0, 0.1) is 0 Å². The first kappa shape index (κ1) is 23.4. The molecule has 2 heterocycles. The summed E-state index contributed by atoms with van der Waals surface area (Å²) in [7, 11) is 0. The highest BCUT2D eigenvalue weighted by atomic mass is 16.2. The summed E-state index contributed by atoms with van der Waals surface area (Å²) >= 11 is 0. The molecule has 2 aromatic heterocycles. The molecule has 0 radical (unpaired) electrons. The van der Waals surface area contributed by atoms with Crippen LogP contribution in [0.25, 0.3) is 22.7 Å². The Morgan fingerprint density at radius 2 is 1.71 bits per heavy atom. The van der Waals surface area contributed by atoms with E-state index in [4.69, 9.17) is 5.73 Å². The van der Waals surface area contributed by atoms with Gasteiger partial charge in [0.15, 0.2) is 0 Å². The van der Waals surface area contributed by atoms with Crippen LogP contribution in [-0.2, 0) is 14.4 Å². The molecule has 8 heteroatoms. The molecule has 0 fully saturated rings. The third-order valence-electron chi connectivity index (χ3n) is 5.64. The molecule has 176 valence electrons. The van der Waals surface area contributed by atoms with Crippen molar-refractivity contribution in [2.75, 3.05) is 10.6 Å². The second kappa shape index (κ2) is 10.0. The first-order valence-electron chi connectivity index (χ1n) is 11.0. The number of nitrogens with one attached hydrogen (secondary N) is 3. The maximum atomic E-state index is 13.1. The summed E-state index contributed by atoms with van der Waals surface area (Å²) < 4.78 is 0. The predicted octanol–water partition coefficient (Wildman–Crippen LogP) is 4.29. The van der Waals surface area contributed by atoms with Crippen LogP contribution in [0.2, 0.25) is 0 Å². The Morgan fingerprint density at radius 3 is 2.37 bits per heavy atom. The van der Waals surface area contributed by atoms with E-state index in [0.717, 1.165) is 5.56 Å². The largest absolute Gasteiger partial charge is 0.366 e. The molecule has 0 spiro atoms. The number of carbonyl (C=O) groups excluding carboxylic acids is 3. The van der Waals surface area contributed by atoms with Crippen LogP contribution in [-0.4, -0.2) is 27.7 Å². The van der Waals surface area contributed by atoms with E-state index in [1.807, 2.05) is 30.3 Å². The van der Waals surface area contributed by atoms with Crippen LogP contribution in [0.3, 0.4) is 0 Å². The Labute approximate surface area is 202 Å². The number of carbonyl (C=O) groups is 3. The normalized spacial score (nSPS) is 12.2. The van der Waals surface area contributed by atoms with E-state index in [1.165, 1.54) is 6.92 Å². The Bertz CT molecular complexity index is 1420. The Balaban J connectivity index is 1.64. The Kier molecular flexibility index (Phi) is 6.73. The number of rotatable bonds is 7. The average molecular weight is 468 g/mol. The van der Waals surface area contributed by atoms with Gasteiger partial charge in [-0.25, -0.2) is 4.98 Å². The van der Waals surface area contributed by atoms with Gasteiger partial charge in [-0.1, -0.05) is 42.5 Å². The second-order valence-electron chi connectivity index (χ2n) is 8.13. The maximum absolute atomic E-state index is 13.1. The number of fused-ring (bicyclic) bond motifs is 1. The fourth-order valence-corrected chi connectivity index (χ4v) is 3.82. The highest BCUT2D eigenvalue weighted by Gasteiger charge is 2.19. The topological polar surface area (TPSA) is 130 Å². The number of hydrogen-bond acceptors (Lipinski definition) is 4. The lowest BCUT2D eigenvalue weighted by Crippen LogP contribution is -2.19. The fourth-order valence-electron chi connectivity index (χ4n) is 3.82. The molecule has 0 aliphatic carbocycles. The summed E-state index contributed by atoms with van der Waals surface area (Å²) in [6.45, 7) is 3.25. The predicted molar refractivity (Wildman–Crippen MR) is 137 cm³/mol. The molecule has 3 amide bonds. The van der Waals surface area contributed by atoms with Crippen molar-refractivity contribution in [3.63, 3.8) is 0 Å². The molecule has 5 N–H and O–H groups in total. The third-order valence-corrected chi connectivity index (χ3v) is 5.64. The standard InChI is InChI=1S/C27H25N5O3/c1-16(18-8-10-21(11-9-18)31-17(2)33)27(35)32-23-12-13-29-26-24(23)20(15-30-26)14-22(25(28)34)19-6-4-3-5-7-19/h3-16H,1-2H3,(H2,28,34)(H,31,33)(H2,29,30,32,35)/b22-14+. The quantitative estimate of drug-likeness (QED) is 0.302. The van der Waals surface area contributed by atoms with E-state index in [-0.39, 0.29) is 11.8 Å². The van der Waals surface area contributed by atoms with Gasteiger partial charge in [0.2, 0.25) is 17.7 Å². The van der Waals surface area contributed by atoms with Crippen molar-refractivity contribution in [1.29, 1.82) is 0 Å². The highest BCUT2D eigenvalue weighted by Crippen LogP contribution is 2.30. The van der Waals surface area contributed by atoms with Gasteiger partial charge in [0.25, 0.3) is 0 Å². The van der Waals surface area contributed by atoms with Gasteiger partial charge in [0, 0.05) is 41.5 Å². The van der Waals surface area contributed by atoms with Gasteiger partial charge in [0.05, 0.1) is 11.6 Å². The molecular weight excluding hydrogens is 442 g/mol. The van der Waals surface area contributed by atoms with Gasteiger partial charge in [-0.15, -0.1) is 0 Å². The number of benzene rings is 2. The van der Waals surface area contributed by atoms with Crippen molar-refractivity contribution >= 4 is 51.8 Å². The second-order valence-corrected chi connectivity index (χ2v) is 8.13. The summed E-state index contributed by atoms with van der Waals surface area (Å²) in [5, 5.41) is 6.37. The van der Waals surface area contributed by atoms with Crippen LogP contribution in [0.4, 0.5) is 11.4 Å². The minimum atomic E-state index is -0.559. The summed E-state index contributed by atoms with van der Waals surface area (Å²) in [4.78, 5) is 44.0. The van der Waals surface area contributed by atoms with Gasteiger partial charge >= 0.3 is 0 Å². The molecule has 1 atom stereocenters. The molecule has 4 aromatic rings. The first-order valence-corrected chi connectivity index (χ1v) is 11.0. The molecule has 0 aliphatic rings. The summed E-state index contributed by atoms with van der Waals surface area (Å²) in [5.74, 6) is -1.38. The van der Waals surface area contributed by atoms with Crippen molar-refractivity contribution in [3.8, 4) is 0 Å². The lowest BCUT2D eigenvalue weighted by Gasteiger charge is -2.14. The number of aromatic nitrogens is 2. The number of nitrogens with zero attached hydrogens (tertiary/aromatic N) is 1. The maximum Gasteiger partial charge on any atom is 0.249 e. The summed E-state index contributed by atoms with van der Waals surface area (Å²) in [6, 6.07) is 18.0. The molecule has 2 aromatic carbocycles. The van der Waals surface area contributed by atoms with Gasteiger partial charge in [0.1, 0.15) is 5.65 Å². The van der Waals surface area contributed by atoms with Crippen LogP contribution < -0.4 is 16.4 Å². The lowest BCUT2D eigenvalue weighted by molar-refractivity contribution is -0.117. The van der Waals surface area contributed by atoms with E-state index >= 15 is 0 Å². The van der Waals surface area contributed by atoms with Crippen molar-refractivity contribution in [2.45, 2.75) is 19.8 Å². The molecule has 4 rings (SSSR count). The van der Waals surface area contributed by atoms with Crippen molar-refractivity contribution in [2.24, 2.45) is 5.73 Å². The molecule has 0 aliphatic heterocycles. The van der Waals surface area contributed by atoms with Crippen molar-refractivity contribution in [3.05, 3.63) is 89.7 Å². The summed E-state index contributed by atoms with van der Waals surface area (Å²) in [5.41, 5.74) is 9.98. The monoisotopic (exact) mass is 467 g/mol. The number of hydrogen-bond donors (Lipinski definition) is 4. The zero-order valence-corrected chi connectivity index (χ0v) is 19.3. The Morgan fingerprint density at radius 1 is 1.00 bits per heavy atom. The van der Waals surface area contributed by atoms with Crippen molar-refractivity contribution < 1.29 is 14.4 Å². The molecule has 35 heavy (non-hydrogen) atoms. The van der Waals surface area contributed by atoms with Crippen LogP contribution in [0.15, 0.2) is 73.1 Å². The number of primary amides is 1. The molecule has 0 bridgehead atoms. The fraction of sp³-hybridized carbons (Fsp3) is 0.111. The van der Waals surface area contributed by atoms with Crippen LogP contribution in [0.5, 0.6) is 0 Å². The van der Waals surface area contributed by atoms with Gasteiger partial charge in [-0.3, -0.25) is 14.4 Å². The Hall–Kier alpha value is -4.72.